The number of nitrogens with one attached hydrogen (secondary N) is 1. The summed E-state index contributed by atoms with van der Waals surface area (Å²) in [6.07, 6.45) is 0. The van der Waals surface area contributed by atoms with Crippen molar-refractivity contribution in [3.63, 3.8) is 0 Å². The number of fused-ring (bicyclic) bond motifs is 1. The van der Waals surface area contributed by atoms with E-state index in [0.717, 1.165) is 18.8 Å². The lowest BCUT2D eigenvalue weighted by Crippen LogP contribution is -2.07. The number of benzene rings is 2. The van der Waals surface area contributed by atoms with Gasteiger partial charge in [0, 0.05) is 24.5 Å². The molecule has 2 heteroatoms. The third-order valence-corrected chi connectivity index (χ3v) is 3.15. The highest BCUT2D eigenvalue weighted by Crippen LogP contribution is 2.26. The molecule has 1 N–H and O–H groups in total. The molecule has 1 heterocycles. The SMILES string of the molecule is CN1Cc2ccc(Nc3ccccc3)cc2C1. The highest BCUT2D eigenvalue weighted by molar-refractivity contribution is 5.61. The number of hydrogen-bond donors (Lipinski definition) is 1. The lowest BCUT2D eigenvalue weighted by Gasteiger charge is -2.07. The normalized spacial score (nSPS) is 14.6. The standard InChI is InChI=1S/C15H16N2/c1-17-10-12-7-8-15(9-13(12)11-17)16-14-5-3-2-4-6-14/h2-9,16H,10-11H2,1H3. The molecule has 1 aliphatic heterocycles. The third kappa shape index (κ3) is 2.17. The average Bonchev–Trinajstić information content (AvgIpc) is 2.70. The predicted octanol–water partition coefficient (Wildman–Crippen LogP) is 3.38. The molecule has 1 aliphatic rings. The second-order valence-electron chi connectivity index (χ2n) is 4.65. The molecule has 2 aromatic carbocycles. The van der Waals surface area contributed by atoms with E-state index in [1.165, 1.54) is 16.8 Å². The van der Waals surface area contributed by atoms with Crippen LogP contribution in [0.25, 0.3) is 0 Å². The Morgan fingerprint density at radius 3 is 2.47 bits per heavy atom. The van der Waals surface area contributed by atoms with Crippen molar-refractivity contribution in [1.29, 1.82) is 0 Å². The van der Waals surface area contributed by atoms with Gasteiger partial charge < -0.3 is 5.32 Å². The summed E-state index contributed by atoms with van der Waals surface area (Å²) >= 11 is 0. The van der Waals surface area contributed by atoms with Crippen LogP contribution in [0, 0.1) is 0 Å². The maximum absolute atomic E-state index is 3.43. The fraction of sp³-hybridized carbons (Fsp3) is 0.200. The Bertz CT molecular complexity index is 520. The quantitative estimate of drug-likeness (QED) is 0.841. The Morgan fingerprint density at radius 2 is 1.65 bits per heavy atom. The molecule has 17 heavy (non-hydrogen) atoms. The molecule has 86 valence electrons. The van der Waals surface area contributed by atoms with Crippen LogP contribution in [-0.4, -0.2) is 11.9 Å². The zero-order valence-corrected chi connectivity index (χ0v) is 9.98. The highest BCUT2D eigenvalue weighted by atomic mass is 15.1. The van der Waals surface area contributed by atoms with Crippen LogP contribution in [0.4, 0.5) is 11.4 Å². The minimum absolute atomic E-state index is 1.06. The molecule has 0 bridgehead atoms. The van der Waals surface area contributed by atoms with E-state index in [4.69, 9.17) is 0 Å². The Morgan fingerprint density at radius 1 is 0.882 bits per heavy atom. The van der Waals surface area contributed by atoms with E-state index < -0.39 is 0 Å². The fourth-order valence-electron chi connectivity index (χ4n) is 2.33. The van der Waals surface area contributed by atoms with Crippen molar-refractivity contribution in [3.05, 3.63) is 59.7 Å². The van der Waals surface area contributed by atoms with Crippen LogP contribution in [0.5, 0.6) is 0 Å². The van der Waals surface area contributed by atoms with Gasteiger partial charge in [-0.25, -0.2) is 0 Å². The maximum atomic E-state index is 3.43. The van der Waals surface area contributed by atoms with Crippen molar-refractivity contribution in [3.8, 4) is 0 Å². The zero-order chi connectivity index (χ0) is 11.7. The van der Waals surface area contributed by atoms with Crippen molar-refractivity contribution in [2.45, 2.75) is 13.1 Å². The first-order valence-electron chi connectivity index (χ1n) is 5.94. The summed E-state index contributed by atoms with van der Waals surface area (Å²) in [5.74, 6) is 0. The zero-order valence-electron chi connectivity index (χ0n) is 9.98. The summed E-state index contributed by atoms with van der Waals surface area (Å²) < 4.78 is 0. The number of hydrogen-bond acceptors (Lipinski definition) is 2. The molecule has 3 rings (SSSR count). The molecule has 0 radical (unpaired) electrons. The van der Waals surface area contributed by atoms with E-state index in [-0.39, 0.29) is 0 Å². The van der Waals surface area contributed by atoms with Crippen LogP contribution in [0.15, 0.2) is 48.5 Å². The Balaban J connectivity index is 1.84. The molecule has 0 aliphatic carbocycles. The van der Waals surface area contributed by atoms with Crippen LogP contribution in [-0.2, 0) is 13.1 Å². The van der Waals surface area contributed by atoms with Crippen molar-refractivity contribution in [2.75, 3.05) is 12.4 Å². The monoisotopic (exact) mass is 224 g/mol. The molecule has 2 aromatic rings. The van der Waals surface area contributed by atoms with Gasteiger partial charge in [-0.1, -0.05) is 24.3 Å². The minimum Gasteiger partial charge on any atom is -0.356 e. The van der Waals surface area contributed by atoms with Gasteiger partial charge in [-0.05, 0) is 42.4 Å². The van der Waals surface area contributed by atoms with Gasteiger partial charge in [0.1, 0.15) is 0 Å². The second kappa shape index (κ2) is 4.22. The summed E-state index contributed by atoms with van der Waals surface area (Å²) in [5.41, 5.74) is 5.20. The topological polar surface area (TPSA) is 15.3 Å². The van der Waals surface area contributed by atoms with Gasteiger partial charge in [0.15, 0.2) is 0 Å². The second-order valence-corrected chi connectivity index (χ2v) is 4.65. The molecule has 0 spiro atoms. The van der Waals surface area contributed by atoms with Gasteiger partial charge >= 0.3 is 0 Å². The predicted molar refractivity (Wildman–Crippen MR) is 71.3 cm³/mol. The van der Waals surface area contributed by atoms with Gasteiger partial charge in [0.25, 0.3) is 0 Å². The van der Waals surface area contributed by atoms with Crippen molar-refractivity contribution < 1.29 is 0 Å². The van der Waals surface area contributed by atoms with E-state index in [0.29, 0.717) is 0 Å². The molecule has 0 aromatic heterocycles. The third-order valence-electron chi connectivity index (χ3n) is 3.15. The van der Waals surface area contributed by atoms with Gasteiger partial charge in [-0.2, -0.15) is 0 Å². The molecule has 0 amide bonds. The summed E-state index contributed by atoms with van der Waals surface area (Å²) in [6, 6.07) is 16.9. The largest absolute Gasteiger partial charge is 0.356 e. The number of rotatable bonds is 2. The lowest BCUT2D eigenvalue weighted by molar-refractivity contribution is 0.353. The van der Waals surface area contributed by atoms with Crippen LogP contribution in [0.2, 0.25) is 0 Å². The van der Waals surface area contributed by atoms with E-state index in [1.54, 1.807) is 0 Å². The van der Waals surface area contributed by atoms with Crippen molar-refractivity contribution in [1.82, 2.24) is 4.90 Å². The molecule has 2 nitrogen and oxygen atoms in total. The van der Waals surface area contributed by atoms with Gasteiger partial charge in [0.2, 0.25) is 0 Å². The smallest absolute Gasteiger partial charge is 0.0387 e. The first kappa shape index (κ1) is 10.4. The summed E-state index contributed by atoms with van der Waals surface area (Å²) in [7, 11) is 2.16. The van der Waals surface area contributed by atoms with Crippen molar-refractivity contribution in [2.24, 2.45) is 0 Å². The first-order valence-corrected chi connectivity index (χ1v) is 5.94. The Hall–Kier alpha value is -1.80. The molecular formula is C15H16N2. The van der Waals surface area contributed by atoms with Crippen LogP contribution < -0.4 is 5.32 Å². The lowest BCUT2D eigenvalue weighted by atomic mass is 10.1. The van der Waals surface area contributed by atoms with E-state index >= 15 is 0 Å². The number of para-hydroxylation sites is 1. The number of anilines is 2. The van der Waals surface area contributed by atoms with Gasteiger partial charge in [0.05, 0.1) is 0 Å². The minimum atomic E-state index is 1.06. The highest BCUT2D eigenvalue weighted by Gasteiger charge is 2.15. The summed E-state index contributed by atoms with van der Waals surface area (Å²) in [5, 5.41) is 3.43. The molecule has 0 fully saturated rings. The maximum Gasteiger partial charge on any atom is 0.0387 e. The van der Waals surface area contributed by atoms with Crippen LogP contribution in [0.1, 0.15) is 11.1 Å². The van der Waals surface area contributed by atoms with Crippen LogP contribution >= 0.6 is 0 Å². The Labute approximate surface area is 102 Å². The average molecular weight is 224 g/mol. The molecular weight excluding hydrogens is 208 g/mol. The van der Waals surface area contributed by atoms with E-state index in [1.807, 2.05) is 18.2 Å². The summed E-state index contributed by atoms with van der Waals surface area (Å²) in [6.45, 7) is 2.13. The molecule has 0 atom stereocenters. The molecule has 0 saturated carbocycles. The Kier molecular flexibility index (Phi) is 2.57. The summed E-state index contributed by atoms with van der Waals surface area (Å²) in [4.78, 5) is 2.33. The van der Waals surface area contributed by atoms with E-state index in [2.05, 4.69) is 47.6 Å². The van der Waals surface area contributed by atoms with E-state index in [9.17, 15) is 0 Å². The molecule has 0 unspecified atom stereocenters. The van der Waals surface area contributed by atoms with Gasteiger partial charge in [-0.15, -0.1) is 0 Å². The van der Waals surface area contributed by atoms with Crippen LogP contribution in [0.3, 0.4) is 0 Å². The first-order chi connectivity index (χ1) is 8.31. The fourth-order valence-corrected chi connectivity index (χ4v) is 2.33. The van der Waals surface area contributed by atoms with Gasteiger partial charge in [-0.3, -0.25) is 4.90 Å². The number of nitrogens with zero attached hydrogens (tertiary/aromatic N) is 1. The van der Waals surface area contributed by atoms with Crippen molar-refractivity contribution >= 4 is 11.4 Å². The molecule has 0 saturated heterocycles.